The number of hydrogen-bond acceptors (Lipinski definition) is 36. The summed E-state index contributed by atoms with van der Waals surface area (Å²) in [6, 6.07) is 4.67. The van der Waals surface area contributed by atoms with Gasteiger partial charge in [0, 0.05) is 139 Å². The number of ether oxygens (including phenoxy) is 13. The van der Waals surface area contributed by atoms with E-state index >= 15 is 0 Å². The summed E-state index contributed by atoms with van der Waals surface area (Å²) in [4.78, 5) is 138. The van der Waals surface area contributed by atoms with Gasteiger partial charge < -0.3 is 170 Å². The van der Waals surface area contributed by atoms with Gasteiger partial charge in [0.05, 0.1) is 129 Å². The summed E-state index contributed by atoms with van der Waals surface area (Å²) in [5.41, 5.74) is -1.00. The Bertz CT molecular complexity index is 3860. The number of aliphatic hydroxyl groups is 13. The molecule has 0 radical (unpaired) electrons. The quantitative estimate of drug-likeness (QED) is 0.0216. The fraction of sp³-hybridized carbons (Fsp3) is 0.738. The standard InChI is InChI=1S/C84H132N8O36/c1-46-68(105)70(107)59(38-93)125-79(46)121-30-28-119-24-20-85-76(113)52-14-12-50(34-54(52)57(100)10-8-22-117-26-32-123-81-66(89-48(3)98)74(111)72(109)61(40-95)127-81)36-87-63(102)17-16-56(91-64(103)18-19-65(104)92-42-83(5,44-97)84(6,43-92)45-116-7)78(115)88-37-51-13-15-53(77(114)86-21-25-120-29-31-122-80-47(2)69(106)71(108)60(39-94)126-80)55(35-51)58(101)11-9-23-118-27-33-124-82-67(90-49(4)99)75(112)73(110)62(41-96)128-82/h12-15,34-35,46-47,56,59-62,66-75,79-82,93-97,105-112H,8-11,16-33,36-45H2,1-7H3,(H,85,113)(H,86,114)(H,87,102)(H,88,115)(H,89,98)(H,90,99)(H,91,103)/t46-,47-,56+,59-,60-,61-,62-,66-,67-,68-,69-,70+,71+,72+,73+,74-,75-,79?,80?,81?,82?,83+,84-/m1/s1. The number of likely N-dealkylation sites (tertiary alicyclic amines) is 1. The number of ketones is 2. The second-order valence-electron chi connectivity index (χ2n) is 32.9. The highest BCUT2D eigenvalue weighted by molar-refractivity contribution is 6.09. The Morgan fingerprint density at radius 1 is 0.445 bits per heavy atom. The number of carbonyl (C=O) groups is 10. The van der Waals surface area contributed by atoms with Crippen molar-refractivity contribution in [2.24, 2.45) is 22.7 Å². The molecule has 20 N–H and O–H groups in total. The normalized spacial score (nSPS) is 29.0. The van der Waals surface area contributed by atoms with Gasteiger partial charge in [0.1, 0.15) is 79.2 Å². The number of Topliss-reactive ketones (excluding diaryl/α,β-unsaturated/α-hetero) is 2. The molecule has 724 valence electrons. The number of rotatable bonds is 55. The second kappa shape index (κ2) is 53.9. The molecule has 0 bridgehead atoms. The van der Waals surface area contributed by atoms with Gasteiger partial charge in [-0.15, -0.1) is 0 Å². The molecule has 2 aromatic carbocycles. The average molecular weight is 1830 g/mol. The van der Waals surface area contributed by atoms with E-state index in [0.717, 1.165) is 0 Å². The first-order valence-electron chi connectivity index (χ1n) is 43.0. The van der Waals surface area contributed by atoms with Gasteiger partial charge in [0.2, 0.25) is 35.4 Å². The molecular weight excluding hydrogens is 1700 g/mol. The highest BCUT2D eigenvalue weighted by atomic mass is 16.7. The lowest BCUT2D eigenvalue weighted by atomic mass is 9.69. The fourth-order valence-electron chi connectivity index (χ4n) is 15.2. The van der Waals surface area contributed by atoms with Gasteiger partial charge in [-0.3, -0.25) is 47.9 Å². The fourth-order valence-corrected chi connectivity index (χ4v) is 15.2. The molecule has 4 unspecified atom stereocenters. The number of benzene rings is 2. The van der Waals surface area contributed by atoms with Crippen LogP contribution in [0.5, 0.6) is 0 Å². The summed E-state index contributed by atoms with van der Waals surface area (Å²) >= 11 is 0. The highest BCUT2D eigenvalue weighted by Gasteiger charge is 2.54. The van der Waals surface area contributed by atoms with E-state index in [4.69, 9.17) is 61.6 Å². The summed E-state index contributed by atoms with van der Waals surface area (Å²) in [6.07, 6.45) is -22.1. The number of hydrogen-bond donors (Lipinski definition) is 20. The lowest BCUT2D eigenvalue weighted by Crippen LogP contribution is -2.64. The molecule has 5 aliphatic rings. The second-order valence-corrected chi connectivity index (χ2v) is 32.9. The maximum atomic E-state index is 14.5. The third-order valence-electron chi connectivity index (χ3n) is 23.2. The predicted molar refractivity (Wildman–Crippen MR) is 442 cm³/mol. The van der Waals surface area contributed by atoms with Crippen LogP contribution < -0.4 is 37.2 Å². The van der Waals surface area contributed by atoms with Gasteiger partial charge >= 0.3 is 0 Å². The Kier molecular flexibility index (Phi) is 45.3. The smallest absolute Gasteiger partial charge is 0.252 e. The molecule has 0 aromatic heterocycles. The molecule has 5 aliphatic heterocycles. The minimum Gasteiger partial charge on any atom is -0.396 e. The van der Waals surface area contributed by atoms with E-state index < -0.39 is 237 Å². The molecule has 5 fully saturated rings. The van der Waals surface area contributed by atoms with Crippen molar-refractivity contribution in [3.63, 3.8) is 0 Å². The largest absolute Gasteiger partial charge is 0.396 e. The van der Waals surface area contributed by atoms with Gasteiger partial charge in [-0.2, -0.15) is 0 Å². The topological polar surface area (TPSA) is 641 Å². The van der Waals surface area contributed by atoms with E-state index in [-0.39, 0.29) is 193 Å². The van der Waals surface area contributed by atoms with Crippen LogP contribution in [0.1, 0.15) is 145 Å². The van der Waals surface area contributed by atoms with Crippen molar-refractivity contribution in [3.8, 4) is 0 Å². The minimum atomic E-state index is -1.56. The van der Waals surface area contributed by atoms with E-state index in [1.807, 2.05) is 13.8 Å². The average Bonchev–Trinajstić information content (AvgIpc) is 1.61. The lowest BCUT2D eigenvalue weighted by Gasteiger charge is -2.42. The van der Waals surface area contributed by atoms with E-state index in [9.17, 15) is 114 Å². The molecular formula is C84H132N8O36. The van der Waals surface area contributed by atoms with Crippen LogP contribution in [0, 0.1) is 22.7 Å². The number of nitrogens with one attached hydrogen (secondary N) is 7. The number of carbonyl (C=O) groups excluding carboxylic acids is 10. The molecule has 128 heavy (non-hydrogen) atoms. The van der Waals surface area contributed by atoms with E-state index in [0.29, 0.717) is 11.1 Å². The highest BCUT2D eigenvalue weighted by Crippen LogP contribution is 2.46. The van der Waals surface area contributed by atoms with Gasteiger partial charge in [-0.05, 0) is 54.7 Å². The van der Waals surface area contributed by atoms with Crippen molar-refractivity contribution in [1.29, 1.82) is 0 Å². The Labute approximate surface area is 741 Å². The summed E-state index contributed by atoms with van der Waals surface area (Å²) in [5, 5.41) is 151. The first-order chi connectivity index (χ1) is 61.1. The van der Waals surface area contributed by atoms with Crippen molar-refractivity contribution in [3.05, 3.63) is 69.8 Å². The Balaban J connectivity index is 1.03. The van der Waals surface area contributed by atoms with Crippen LogP contribution in [0.4, 0.5) is 0 Å². The zero-order valence-corrected chi connectivity index (χ0v) is 73.4. The minimum absolute atomic E-state index is 0.00353. The van der Waals surface area contributed by atoms with Crippen molar-refractivity contribution in [2.45, 2.75) is 223 Å². The molecule has 44 nitrogen and oxygen atoms in total. The van der Waals surface area contributed by atoms with Crippen LogP contribution in [0.3, 0.4) is 0 Å². The van der Waals surface area contributed by atoms with Crippen molar-refractivity contribution in [2.75, 3.05) is 152 Å². The zero-order chi connectivity index (χ0) is 94.0. The van der Waals surface area contributed by atoms with Crippen molar-refractivity contribution in [1.82, 2.24) is 42.1 Å². The third-order valence-corrected chi connectivity index (χ3v) is 23.2. The number of amides is 8. The molecule has 2 aromatic rings. The van der Waals surface area contributed by atoms with Gasteiger partial charge in [-0.25, -0.2) is 0 Å². The molecule has 8 amide bonds. The monoisotopic (exact) mass is 1830 g/mol. The van der Waals surface area contributed by atoms with E-state index in [1.165, 1.54) is 62.3 Å². The van der Waals surface area contributed by atoms with E-state index in [2.05, 4.69) is 37.2 Å². The molecule has 44 heteroatoms. The summed E-state index contributed by atoms with van der Waals surface area (Å²) in [6.45, 7) is 5.83. The maximum absolute atomic E-state index is 14.5. The zero-order valence-electron chi connectivity index (χ0n) is 73.4. The van der Waals surface area contributed by atoms with Crippen LogP contribution in [0.15, 0.2) is 36.4 Å². The van der Waals surface area contributed by atoms with Crippen LogP contribution in [-0.2, 0) is 103 Å². The Hall–Kier alpha value is -7.50. The molecule has 5 heterocycles. The lowest BCUT2D eigenvalue weighted by molar-refractivity contribution is -0.284. The van der Waals surface area contributed by atoms with Gasteiger partial charge in [-0.1, -0.05) is 39.8 Å². The summed E-state index contributed by atoms with van der Waals surface area (Å²) in [7, 11) is 1.51. The van der Waals surface area contributed by atoms with Crippen LogP contribution in [-0.4, -0.2) is 399 Å². The first-order valence-corrected chi connectivity index (χ1v) is 43.0. The summed E-state index contributed by atoms with van der Waals surface area (Å²) in [5.74, 6) is -7.46. The molecule has 0 saturated carbocycles. The SMILES string of the molecule is COC[C@@]1(C)CN(C(=O)CCC(=O)N[C@@H](CCC(=O)NCc2ccc(C(=O)NCCOCCOC3O[C@H](CO)[C@H](O)[C@H](O)[C@H]3C)c(C(=O)CCCOCCOC3O[C@H](CO)[C@H](O)[C@H](O)[C@H]3NC(C)=O)c2)C(=O)NCc2ccc(C(=O)NCCOCCOC3O[C@H](CO)[C@H](O)[C@H](O)[C@H]3C)c(C(=O)CCCOCCOC3O[C@H](CO)[C@H](O)[C@H](O)[C@H]3NC(C)=O)c2)C[C@@]1(C)CO. The van der Waals surface area contributed by atoms with Crippen LogP contribution >= 0.6 is 0 Å². The molecule has 5 saturated heterocycles. The van der Waals surface area contributed by atoms with Gasteiger partial charge in [0.25, 0.3) is 11.8 Å². The van der Waals surface area contributed by atoms with E-state index in [1.54, 1.807) is 13.8 Å². The number of methoxy groups -OCH3 is 1. The molecule has 0 aliphatic carbocycles. The Morgan fingerprint density at radius 3 is 1.24 bits per heavy atom. The molecule has 7 rings (SSSR count). The van der Waals surface area contributed by atoms with Crippen molar-refractivity contribution < 1.29 is 176 Å². The van der Waals surface area contributed by atoms with Crippen LogP contribution in [0.2, 0.25) is 0 Å². The number of aliphatic hydroxyl groups excluding tert-OH is 13. The predicted octanol–water partition coefficient (Wildman–Crippen LogP) is -6.29. The summed E-state index contributed by atoms with van der Waals surface area (Å²) < 4.78 is 73.5. The van der Waals surface area contributed by atoms with Gasteiger partial charge in [0.15, 0.2) is 36.7 Å². The Morgan fingerprint density at radius 2 is 0.836 bits per heavy atom. The first kappa shape index (κ1) is 108. The third kappa shape index (κ3) is 31.3. The molecule has 23 atom stereocenters. The van der Waals surface area contributed by atoms with Crippen LogP contribution in [0.25, 0.3) is 0 Å². The van der Waals surface area contributed by atoms with Crippen molar-refractivity contribution >= 4 is 58.8 Å². The maximum Gasteiger partial charge on any atom is 0.252 e. The number of nitrogens with zero attached hydrogens (tertiary/aromatic N) is 1. The molecule has 0 spiro atoms.